The van der Waals surface area contributed by atoms with Crippen LogP contribution < -0.4 is 10.1 Å². The van der Waals surface area contributed by atoms with Crippen molar-refractivity contribution in [2.45, 2.75) is 6.04 Å². The van der Waals surface area contributed by atoms with Crippen LogP contribution in [0.4, 0.5) is 8.78 Å². The number of hydrogen-bond acceptors (Lipinski definition) is 5. The molecule has 0 saturated carbocycles. The van der Waals surface area contributed by atoms with Crippen molar-refractivity contribution < 1.29 is 21.9 Å². The van der Waals surface area contributed by atoms with E-state index < -0.39 is 33.5 Å². The first-order valence-corrected chi connectivity index (χ1v) is 8.77. The van der Waals surface area contributed by atoms with Crippen molar-refractivity contribution in [1.29, 1.82) is 5.41 Å². The predicted molar refractivity (Wildman–Crippen MR) is 85.8 cm³/mol. The van der Waals surface area contributed by atoms with Gasteiger partial charge in [0.1, 0.15) is 11.6 Å². The molecule has 0 amide bonds. The summed E-state index contributed by atoms with van der Waals surface area (Å²) in [5.74, 6) is -2.09. The van der Waals surface area contributed by atoms with E-state index in [1.807, 2.05) is 0 Å². The molecule has 1 aliphatic heterocycles. The van der Waals surface area contributed by atoms with E-state index in [9.17, 15) is 17.2 Å². The van der Waals surface area contributed by atoms with Gasteiger partial charge in [-0.05, 0) is 18.2 Å². The van der Waals surface area contributed by atoms with Crippen LogP contribution in [0.25, 0.3) is 0 Å². The number of hydrogen-bond donors (Lipinski definition) is 2. The summed E-state index contributed by atoms with van der Waals surface area (Å²) >= 11 is 0. The third kappa shape index (κ3) is 3.38. The highest BCUT2D eigenvalue weighted by Crippen LogP contribution is 2.30. The number of benzene rings is 1. The molecule has 25 heavy (non-hydrogen) atoms. The lowest BCUT2D eigenvalue weighted by atomic mass is 10.1. The predicted octanol–water partition coefficient (Wildman–Crippen LogP) is 1.99. The van der Waals surface area contributed by atoms with Gasteiger partial charge in [0.05, 0.1) is 18.0 Å². The van der Waals surface area contributed by atoms with Crippen LogP contribution in [0.15, 0.2) is 36.7 Å². The van der Waals surface area contributed by atoms with Crippen molar-refractivity contribution in [1.82, 2.24) is 14.6 Å². The summed E-state index contributed by atoms with van der Waals surface area (Å²) in [6.45, 7) is 0. The molecular weight excluding hydrogens is 354 g/mol. The lowest BCUT2D eigenvalue weighted by molar-refractivity contribution is 0.436. The molecule has 2 aromatic rings. The summed E-state index contributed by atoms with van der Waals surface area (Å²) in [5, 5.41) is 10.3. The normalized spacial score (nSPS) is 19.4. The van der Waals surface area contributed by atoms with Crippen LogP contribution in [0.1, 0.15) is 11.6 Å². The van der Waals surface area contributed by atoms with Gasteiger partial charge in [-0.25, -0.2) is 21.5 Å². The molecule has 7 nitrogen and oxygen atoms in total. The Balaban J connectivity index is 1.92. The molecule has 3 rings (SSSR count). The second-order valence-electron chi connectivity index (χ2n) is 5.38. The highest BCUT2D eigenvalue weighted by atomic mass is 32.2. The topological polar surface area (TPSA) is 95.4 Å². The number of ether oxygens (including phenoxy) is 1. The smallest absolute Gasteiger partial charge is 0.239 e. The van der Waals surface area contributed by atoms with Crippen LogP contribution in [0, 0.1) is 17.0 Å². The molecule has 0 spiro atoms. The van der Waals surface area contributed by atoms with Crippen LogP contribution in [0.2, 0.25) is 0 Å². The molecule has 10 heteroatoms. The quantitative estimate of drug-likeness (QED) is 0.864. The molecule has 0 aliphatic carbocycles. The lowest BCUT2D eigenvalue weighted by Crippen LogP contribution is -2.52. The number of aromatic nitrogens is 1. The van der Waals surface area contributed by atoms with Crippen LogP contribution in [-0.2, 0) is 10.0 Å². The molecular formula is C15H14F2N4O3S. The van der Waals surface area contributed by atoms with Crippen LogP contribution in [0.3, 0.4) is 0 Å². The molecule has 132 valence electrons. The van der Waals surface area contributed by atoms with Gasteiger partial charge in [-0.1, -0.05) is 0 Å². The van der Waals surface area contributed by atoms with Crippen molar-refractivity contribution >= 4 is 16.0 Å². The summed E-state index contributed by atoms with van der Waals surface area (Å²) in [5.41, 5.74) is 0.00777. The van der Waals surface area contributed by atoms with Gasteiger partial charge in [-0.15, -0.1) is 0 Å². The van der Waals surface area contributed by atoms with Crippen LogP contribution >= 0.6 is 0 Å². The van der Waals surface area contributed by atoms with Gasteiger partial charge >= 0.3 is 0 Å². The zero-order valence-corrected chi connectivity index (χ0v) is 13.8. The molecule has 1 unspecified atom stereocenters. The minimum absolute atomic E-state index is 0.00777. The summed E-state index contributed by atoms with van der Waals surface area (Å²) in [6, 6.07) is 4.03. The SMILES string of the molecule is CN1C(=N)NC(c2cc(Oc3ccncc3F)ccc2F)CS1(=O)=O. The van der Waals surface area contributed by atoms with E-state index in [4.69, 9.17) is 10.1 Å². The van der Waals surface area contributed by atoms with Crippen molar-refractivity contribution in [3.63, 3.8) is 0 Å². The van der Waals surface area contributed by atoms with Gasteiger partial charge in [0.25, 0.3) is 0 Å². The van der Waals surface area contributed by atoms with Gasteiger partial charge in [-0.3, -0.25) is 10.4 Å². The summed E-state index contributed by atoms with van der Waals surface area (Å²) in [6.07, 6.45) is 2.32. The molecule has 1 aromatic heterocycles. The van der Waals surface area contributed by atoms with Crippen molar-refractivity contribution in [2.24, 2.45) is 0 Å². The standard InChI is InChI=1S/C15H14F2N4O3S/c1-21-15(18)20-13(8-25(21,22)23)10-6-9(2-3-11(10)16)24-14-4-5-19-7-12(14)17/h2-7,13H,8H2,1H3,(H2,18,20). The summed E-state index contributed by atoms with van der Waals surface area (Å²) < 4.78 is 58.1. The van der Waals surface area contributed by atoms with Gasteiger partial charge < -0.3 is 10.1 Å². The Morgan fingerprint density at radius 3 is 2.76 bits per heavy atom. The number of sulfonamides is 1. The van der Waals surface area contributed by atoms with Gasteiger partial charge in [0, 0.05) is 24.9 Å². The highest BCUT2D eigenvalue weighted by Gasteiger charge is 2.34. The summed E-state index contributed by atoms with van der Waals surface area (Å²) in [4.78, 5) is 3.60. The molecule has 0 radical (unpaired) electrons. The Kier molecular flexibility index (Phi) is 4.29. The minimum atomic E-state index is -3.73. The van der Waals surface area contributed by atoms with Gasteiger partial charge in [0.2, 0.25) is 16.0 Å². The van der Waals surface area contributed by atoms with Crippen LogP contribution in [0.5, 0.6) is 11.5 Å². The molecule has 1 aromatic carbocycles. The molecule has 1 saturated heterocycles. The fourth-order valence-corrected chi connectivity index (χ4v) is 3.59. The number of nitrogens with one attached hydrogen (secondary N) is 2. The van der Waals surface area contributed by atoms with E-state index in [0.29, 0.717) is 0 Å². The molecule has 2 N–H and O–H groups in total. The fraction of sp³-hybridized carbons (Fsp3) is 0.200. The van der Waals surface area contributed by atoms with E-state index in [-0.39, 0.29) is 23.0 Å². The van der Waals surface area contributed by atoms with E-state index >= 15 is 0 Å². The van der Waals surface area contributed by atoms with Crippen LogP contribution in [-0.4, -0.2) is 36.5 Å². The number of rotatable bonds is 3. The first-order valence-electron chi connectivity index (χ1n) is 7.16. The zero-order valence-electron chi connectivity index (χ0n) is 13.0. The second-order valence-corrected chi connectivity index (χ2v) is 7.43. The Morgan fingerprint density at radius 2 is 2.08 bits per heavy atom. The maximum atomic E-state index is 14.2. The number of nitrogens with zero attached hydrogens (tertiary/aromatic N) is 2. The first-order chi connectivity index (χ1) is 11.8. The Hall–Kier alpha value is -2.75. The monoisotopic (exact) mass is 368 g/mol. The number of pyridine rings is 1. The highest BCUT2D eigenvalue weighted by molar-refractivity contribution is 7.89. The van der Waals surface area contributed by atoms with Crippen molar-refractivity contribution in [2.75, 3.05) is 12.8 Å². The summed E-state index contributed by atoms with van der Waals surface area (Å²) in [7, 11) is -2.49. The average molecular weight is 368 g/mol. The third-order valence-electron chi connectivity index (χ3n) is 3.73. The Morgan fingerprint density at radius 1 is 1.32 bits per heavy atom. The molecule has 1 aliphatic rings. The second kappa shape index (κ2) is 6.28. The maximum absolute atomic E-state index is 14.2. The van der Waals surface area contributed by atoms with Gasteiger partial charge in [-0.2, -0.15) is 0 Å². The lowest BCUT2D eigenvalue weighted by Gasteiger charge is -2.32. The third-order valence-corrected chi connectivity index (χ3v) is 5.50. The van der Waals surface area contributed by atoms with Crippen molar-refractivity contribution in [3.8, 4) is 11.5 Å². The fourth-order valence-electron chi connectivity index (χ4n) is 2.35. The minimum Gasteiger partial charge on any atom is -0.454 e. The maximum Gasteiger partial charge on any atom is 0.239 e. The molecule has 1 atom stereocenters. The molecule has 0 bridgehead atoms. The van der Waals surface area contributed by atoms with E-state index in [2.05, 4.69) is 10.3 Å². The van der Waals surface area contributed by atoms with Crippen molar-refractivity contribution in [3.05, 3.63) is 53.9 Å². The number of halogens is 2. The Labute approximate surface area is 142 Å². The number of guanidine groups is 1. The largest absolute Gasteiger partial charge is 0.454 e. The Bertz CT molecular complexity index is 936. The molecule has 1 fully saturated rings. The van der Waals surface area contributed by atoms with E-state index in [1.165, 1.54) is 31.4 Å². The van der Waals surface area contributed by atoms with E-state index in [0.717, 1.165) is 16.6 Å². The first kappa shape index (κ1) is 17.1. The molecule has 2 heterocycles. The van der Waals surface area contributed by atoms with Gasteiger partial charge in [0.15, 0.2) is 11.6 Å². The zero-order chi connectivity index (χ0) is 18.2. The average Bonchev–Trinajstić information content (AvgIpc) is 2.56. The van der Waals surface area contributed by atoms with E-state index in [1.54, 1.807) is 0 Å².